The average molecular weight is 363 g/mol. The second kappa shape index (κ2) is 6.47. The van der Waals surface area contributed by atoms with Crippen molar-refractivity contribution in [2.45, 2.75) is 46.3 Å². The summed E-state index contributed by atoms with van der Waals surface area (Å²) in [6.45, 7) is 8.16. The second-order valence-corrected chi connectivity index (χ2v) is 7.79. The number of thiazole rings is 1. The molecule has 0 fully saturated rings. The number of fused-ring (bicyclic) bond motifs is 1. The quantitative estimate of drug-likeness (QED) is 0.854. The van der Waals surface area contributed by atoms with Crippen molar-refractivity contribution < 1.29 is 14.3 Å². The van der Waals surface area contributed by atoms with Crippen LogP contribution < -0.4 is 5.32 Å². The smallest absolute Gasteiger partial charge is 0.410 e. The van der Waals surface area contributed by atoms with Crippen molar-refractivity contribution in [1.82, 2.24) is 20.1 Å². The van der Waals surface area contributed by atoms with E-state index in [2.05, 4.69) is 20.5 Å². The minimum atomic E-state index is -0.559. The SMILES string of the molecule is Cc1csc(NC(=O)c2n[nH]c3c2CN(C(=O)OC(C)(C)C)CC3)n1. The van der Waals surface area contributed by atoms with Crippen LogP contribution in [0.5, 0.6) is 0 Å². The summed E-state index contributed by atoms with van der Waals surface area (Å²) in [5.41, 5.74) is 2.18. The van der Waals surface area contributed by atoms with Crippen molar-refractivity contribution in [2.75, 3.05) is 11.9 Å². The van der Waals surface area contributed by atoms with E-state index in [1.54, 1.807) is 4.90 Å². The number of nitrogens with zero attached hydrogens (tertiary/aromatic N) is 3. The number of carbonyl (C=O) groups excluding carboxylic acids is 2. The maximum atomic E-state index is 12.5. The van der Waals surface area contributed by atoms with Crippen LogP contribution in [0.2, 0.25) is 0 Å². The molecule has 0 radical (unpaired) electrons. The molecule has 0 saturated heterocycles. The van der Waals surface area contributed by atoms with Gasteiger partial charge in [-0.25, -0.2) is 9.78 Å². The highest BCUT2D eigenvalue weighted by Crippen LogP contribution is 2.23. The van der Waals surface area contributed by atoms with Gasteiger partial charge in [-0.2, -0.15) is 5.10 Å². The molecule has 2 N–H and O–H groups in total. The van der Waals surface area contributed by atoms with Crippen molar-refractivity contribution in [2.24, 2.45) is 0 Å². The molecule has 9 heteroatoms. The molecule has 3 heterocycles. The van der Waals surface area contributed by atoms with E-state index in [0.29, 0.717) is 24.6 Å². The molecule has 25 heavy (non-hydrogen) atoms. The van der Waals surface area contributed by atoms with Gasteiger partial charge in [0.15, 0.2) is 10.8 Å². The van der Waals surface area contributed by atoms with E-state index >= 15 is 0 Å². The molecular weight excluding hydrogens is 342 g/mol. The summed E-state index contributed by atoms with van der Waals surface area (Å²) in [4.78, 5) is 30.6. The summed E-state index contributed by atoms with van der Waals surface area (Å²) in [6.07, 6.45) is 0.215. The Morgan fingerprint density at radius 3 is 2.80 bits per heavy atom. The number of ether oxygens (including phenoxy) is 1. The first kappa shape index (κ1) is 17.4. The number of nitrogens with one attached hydrogen (secondary N) is 2. The Bertz CT molecular complexity index is 805. The van der Waals surface area contributed by atoms with Crippen LogP contribution in [0.25, 0.3) is 0 Å². The van der Waals surface area contributed by atoms with Crippen molar-refractivity contribution in [1.29, 1.82) is 0 Å². The highest BCUT2D eigenvalue weighted by atomic mass is 32.1. The highest BCUT2D eigenvalue weighted by molar-refractivity contribution is 7.13. The molecule has 0 unspecified atom stereocenters. The summed E-state index contributed by atoms with van der Waals surface area (Å²) in [6, 6.07) is 0. The lowest BCUT2D eigenvalue weighted by Crippen LogP contribution is -2.40. The van der Waals surface area contributed by atoms with Gasteiger partial charge >= 0.3 is 6.09 Å². The minimum absolute atomic E-state index is 0.288. The van der Waals surface area contributed by atoms with Crippen molar-refractivity contribution in [3.63, 3.8) is 0 Å². The van der Waals surface area contributed by atoms with Gasteiger partial charge in [0, 0.05) is 29.6 Å². The van der Waals surface area contributed by atoms with Crippen molar-refractivity contribution >= 4 is 28.5 Å². The molecule has 2 aromatic heterocycles. The Labute approximate surface area is 149 Å². The fraction of sp³-hybridized carbons (Fsp3) is 0.500. The molecule has 0 atom stereocenters. The maximum absolute atomic E-state index is 12.5. The van der Waals surface area contributed by atoms with E-state index < -0.39 is 5.60 Å². The zero-order valence-electron chi connectivity index (χ0n) is 14.7. The van der Waals surface area contributed by atoms with Gasteiger partial charge in [-0.3, -0.25) is 15.2 Å². The number of aromatic amines is 1. The van der Waals surface area contributed by atoms with Gasteiger partial charge < -0.3 is 9.64 Å². The molecule has 0 aromatic carbocycles. The zero-order valence-corrected chi connectivity index (χ0v) is 15.5. The summed E-state index contributed by atoms with van der Waals surface area (Å²) in [5.74, 6) is -0.335. The molecule has 2 amide bonds. The largest absolute Gasteiger partial charge is 0.444 e. The predicted octanol–water partition coefficient (Wildman–Crippen LogP) is 2.72. The highest BCUT2D eigenvalue weighted by Gasteiger charge is 2.30. The number of hydrogen-bond donors (Lipinski definition) is 2. The third-order valence-electron chi connectivity index (χ3n) is 3.64. The summed E-state index contributed by atoms with van der Waals surface area (Å²) in [5, 5.41) is 12.2. The number of rotatable bonds is 2. The Balaban J connectivity index is 1.74. The van der Waals surface area contributed by atoms with Crippen LogP contribution >= 0.6 is 11.3 Å². The topological polar surface area (TPSA) is 100 Å². The molecule has 0 aliphatic carbocycles. The number of aryl methyl sites for hydroxylation is 1. The van der Waals surface area contributed by atoms with E-state index in [-0.39, 0.29) is 17.7 Å². The van der Waals surface area contributed by atoms with Gasteiger partial charge in [-0.1, -0.05) is 0 Å². The first-order valence-electron chi connectivity index (χ1n) is 8.00. The Hall–Kier alpha value is -2.42. The van der Waals surface area contributed by atoms with Crippen molar-refractivity contribution in [3.05, 3.63) is 28.0 Å². The number of anilines is 1. The van der Waals surface area contributed by atoms with Gasteiger partial charge in [0.2, 0.25) is 0 Å². The van der Waals surface area contributed by atoms with Crippen LogP contribution in [0.1, 0.15) is 48.2 Å². The molecule has 1 aliphatic rings. The fourth-order valence-corrected chi connectivity index (χ4v) is 3.22. The average Bonchev–Trinajstić information content (AvgIpc) is 3.10. The number of aromatic nitrogens is 3. The van der Waals surface area contributed by atoms with E-state index in [1.165, 1.54) is 11.3 Å². The molecule has 3 rings (SSSR count). The van der Waals surface area contributed by atoms with Crippen LogP contribution in [-0.4, -0.2) is 44.2 Å². The Morgan fingerprint density at radius 2 is 2.16 bits per heavy atom. The Kier molecular flexibility index (Phi) is 4.51. The second-order valence-electron chi connectivity index (χ2n) is 6.93. The molecule has 2 aromatic rings. The monoisotopic (exact) mass is 363 g/mol. The molecule has 0 saturated carbocycles. The Morgan fingerprint density at radius 1 is 1.40 bits per heavy atom. The lowest BCUT2D eigenvalue weighted by atomic mass is 10.1. The normalized spacial score (nSPS) is 14.2. The number of carbonyl (C=O) groups is 2. The minimum Gasteiger partial charge on any atom is -0.444 e. The van der Waals surface area contributed by atoms with Crippen LogP contribution in [-0.2, 0) is 17.7 Å². The van der Waals surface area contributed by atoms with Gasteiger partial charge in [0.05, 0.1) is 12.2 Å². The summed E-state index contributed by atoms with van der Waals surface area (Å²) >= 11 is 1.36. The van der Waals surface area contributed by atoms with Crippen LogP contribution in [0, 0.1) is 6.92 Å². The molecular formula is C16H21N5O3S. The molecule has 1 aliphatic heterocycles. The lowest BCUT2D eigenvalue weighted by Gasteiger charge is -2.30. The van der Waals surface area contributed by atoms with Gasteiger partial charge in [0.1, 0.15) is 5.60 Å². The molecule has 8 nitrogen and oxygen atoms in total. The first-order chi connectivity index (χ1) is 11.7. The van der Waals surface area contributed by atoms with E-state index in [9.17, 15) is 9.59 Å². The predicted molar refractivity (Wildman–Crippen MR) is 93.7 cm³/mol. The number of hydrogen-bond acceptors (Lipinski definition) is 6. The molecule has 0 bridgehead atoms. The van der Waals surface area contributed by atoms with E-state index in [1.807, 2.05) is 33.1 Å². The molecule has 0 spiro atoms. The number of amides is 2. The van der Waals surface area contributed by atoms with Crippen LogP contribution in [0.4, 0.5) is 9.93 Å². The summed E-state index contributed by atoms with van der Waals surface area (Å²) in [7, 11) is 0. The summed E-state index contributed by atoms with van der Waals surface area (Å²) < 4.78 is 5.42. The maximum Gasteiger partial charge on any atom is 0.410 e. The first-order valence-corrected chi connectivity index (χ1v) is 8.88. The van der Waals surface area contributed by atoms with Gasteiger partial charge in [0.25, 0.3) is 5.91 Å². The zero-order chi connectivity index (χ0) is 18.2. The fourth-order valence-electron chi connectivity index (χ4n) is 2.53. The van der Waals surface area contributed by atoms with Crippen LogP contribution in [0.15, 0.2) is 5.38 Å². The van der Waals surface area contributed by atoms with E-state index in [0.717, 1.165) is 17.0 Å². The standard InChI is InChI=1S/C16H21N5O3S/c1-9-8-25-14(17-9)18-13(22)12-10-7-21(6-5-11(10)19-20-12)15(23)24-16(2,3)4/h8H,5-7H2,1-4H3,(H,19,20)(H,17,18,22). The van der Waals surface area contributed by atoms with Gasteiger partial charge in [-0.05, 0) is 27.7 Å². The third kappa shape index (κ3) is 3.98. The van der Waals surface area contributed by atoms with Crippen LogP contribution in [0.3, 0.4) is 0 Å². The van der Waals surface area contributed by atoms with Gasteiger partial charge in [-0.15, -0.1) is 11.3 Å². The van der Waals surface area contributed by atoms with Crippen molar-refractivity contribution in [3.8, 4) is 0 Å². The lowest BCUT2D eigenvalue weighted by molar-refractivity contribution is 0.0222. The molecule has 134 valence electrons. The third-order valence-corrected chi connectivity index (χ3v) is 4.52. The van der Waals surface area contributed by atoms with E-state index in [4.69, 9.17) is 4.74 Å². The number of H-pyrrole nitrogens is 1.